The van der Waals surface area contributed by atoms with Crippen molar-refractivity contribution in [2.75, 3.05) is 26.7 Å². The van der Waals surface area contributed by atoms with Crippen LogP contribution < -0.4 is 4.74 Å². The number of hydrogen-bond donors (Lipinski definition) is 0. The fourth-order valence-corrected chi connectivity index (χ4v) is 5.55. The number of benzene rings is 3. The quantitative estimate of drug-likeness (QED) is 0.505. The third-order valence-electron chi connectivity index (χ3n) is 7.37. The summed E-state index contributed by atoms with van der Waals surface area (Å²) in [4.78, 5) is 32.8. The SMILES string of the molecule is CCN1C(=O)N(Cc2cccc3ccccc23)C(=O)C12CCN(Cc1cccc(OC)c1)CC2. The van der Waals surface area contributed by atoms with Crippen molar-refractivity contribution in [3.05, 3.63) is 77.9 Å². The Morgan fingerprint density at radius 3 is 2.41 bits per heavy atom. The van der Waals surface area contributed by atoms with E-state index in [0.29, 0.717) is 25.9 Å². The molecule has 0 aliphatic carbocycles. The number of likely N-dealkylation sites (N-methyl/N-ethyl adjacent to an activating group) is 1. The summed E-state index contributed by atoms with van der Waals surface area (Å²) in [6.45, 7) is 5.17. The van der Waals surface area contributed by atoms with E-state index in [1.165, 1.54) is 10.5 Å². The number of imide groups is 1. The normalized spacial score (nSPS) is 18.3. The van der Waals surface area contributed by atoms with Gasteiger partial charge in [0.15, 0.2) is 0 Å². The van der Waals surface area contributed by atoms with E-state index in [1.54, 1.807) is 7.11 Å². The number of fused-ring (bicyclic) bond motifs is 1. The molecule has 2 fully saturated rings. The second-order valence-corrected chi connectivity index (χ2v) is 9.22. The Balaban J connectivity index is 1.34. The van der Waals surface area contributed by atoms with Gasteiger partial charge in [-0.15, -0.1) is 0 Å². The molecule has 176 valence electrons. The summed E-state index contributed by atoms with van der Waals surface area (Å²) < 4.78 is 5.35. The highest BCUT2D eigenvalue weighted by molar-refractivity contribution is 6.07. The van der Waals surface area contributed by atoms with Gasteiger partial charge in [0.1, 0.15) is 11.3 Å². The molecule has 34 heavy (non-hydrogen) atoms. The molecule has 3 amide bonds. The minimum atomic E-state index is -0.735. The molecule has 0 N–H and O–H groups in total. The van der Waals surface area contributed by atoms with Gasteiger partial charge in [-0.2, -0.15) is 0 Å². The first-order chi connectivity index (χ1) is 16.6. The summed E-state index contributed by atoms with van der Waals surface area (Å²) in [6.07, 6.45) is 1.31. The maximum atomic E-state index is 13.8. The smallest absolute Gasteiger partial charge is 0.327 e. The predicted molar refractivity (Wildman–Crippen MR) is 133 cm³/mol. The Morgan fingerprint density at radius 1 is 0.912 bits per heavy atom. The van der Waals surface area contributed by atoms with E-state index < -0.39 is 5.54 Å². The van der Waals surface area contributed by atoms with E-state index in [9.17, 15) is 9.59 Å². The van der Waals surface area contributed by atoms with Crippen molar-refractivity contribution in [2.24, 2.45) is 0 Å². The van der Waals surface area contributed by atoms with Crippen LogP contribution in [0.4, 0.5) is 4.79 Å². The molecule has 0 atom stereocenters. The lowest BCUT2D eigenvalue weighted by Crippen LogP contribution is -2.56. The van der Waals surface area contributed by atoms with Gasteiger partial charge < -0.3 is 9.64 Å². The standard InChI is InChI=1S/C28H31N3O3/c1-3-31-27(33)30(20-23-11-7-10-22-9-4-5-13-25(22)23)26(32)28(31)14-16-29(17-15-28)19-21-8-6-12-24(18-21)34-2/h4-13,18H,3,14-17,19-20H2,1-2H3. The molecule has 3 aromatic rings. The molecule has 6 nitrogen and oxygen atoms in total. The highest BCUT2D eigenvalue weighted by atomic mass is 16.5. The minimum absolute atomic E-state index is 0.0479. The zero-order chi connectivity index (χ0) is 23.7. The Morgan fingerprint density at radius 2 is 1.65 bits per heavy atom. The number of piperidine rings is 1. The number of nitrogens with zero attached hydrogens (tertiary/aromatic N) is 3. The van der Waals surface area contributed by atoms with Crippen LogP contribution in [0.5, 0.6) is 5.75 Å². The van der Waals surface area contributed by atoms with Crippen LogP contribution in [0.2, 0.25) is 0 Å². The number of hydrogen-bond acceptors (Lipinski definition) is 4. The molecule has 5 rings (SSSR count). The molecular weight excluding hydrogens is 426 g/mol. The largest absolute Gasteiger partial charge is 0.497 e. The number of amides is 3. The van der Waals surface area contributed by atoms with Gasteiger partial charge in [-0.3, -0.25) is 14.6 Å². The number of rotatable bonds is 6. The molecule has 0 saturated carbocycles. The molecule has 0 bridgehead atoms. The summed E-state index contributed by atoms with van der Waals surface area (Å²) in [5.74, 6) is 0.803. The summed E-state index contributed by atoms with van der Waals surface area (Å²) in [5, 5.41) is 2.20. The van der Waals surface area contributed by atoms with Crippen molar-refractivity contribution in [3.8, 4) is 5.75 Å². The van der Waals surface area contributed by atoms with Crippen molar-refractivity contribution in [1.82, 2.24) is 14.7 Å². The summed E-state index contributed by atoms with van der Waals surface area (Å²) in [5.41, 5.74) is 1.46. The van der Waals surface area contributed by atoms with E-state index in [2.05, 4.69) is 35.2 Å². The molecule has 2 aliphatic heterocycles. The first-order valence-electron chi connectivity index (χ1n) is 12.0. The molecule has 0 radical (unpaired) electrons. The number of methoxy groups -OCH3 is 1. The molecule has 3 aromatic carbocycles. The third kappa shape index (κ3) is 3.82. The van der Waals surface area contributed by atoms with Gasteiger partial charge in [0.2, 0.25) is 0 Å². The fraction of sp³-hybridized carbons (Fsp3) is 0.357. The molecular formula is C28H31N3O3. The number of urea groups is 1. The van der Waals surface area contributed by atoms with E-state index >= 15 is 0 Å². The van der Waals surface area contributed by atoms with Gasteiger partial charge in [-0.1, -0.05) is 54.6 Å². The van der Waals surface area contributed by atoms with Crippen molar-refractivity contribution in [3.63, 3.8) is 0 Å². The maximum Gasteiger partial charge on any atom is 0.327 e. The highest BCUT2D eigenvalue weighted by Crippen LogP contribution is 2.38. The predicted octanol–water partition coefficient (Wildman–Crippen LogP) is 4.67. The number of ether oxygens (including phenoxy) is 1. The Kier molecular flexibility index (Phi) is 6.00. The number of carbonyl (C=O) groups is 2. The van der Waals surface area contributed by atoms with Gasteiger partial charge in [-0.05, 0) is 53.8 Å². The summed E-state index contributed by atoms with van der Waals surface area (Å²) >= 11 is 0. The van der Waals surface area contributed by atoms with E-state index in [-0.39, 0.29) is 11.9 Å². The zero-order valence-electron chi connectivity index (χ0n) is 19.9. The molecule has 2 heterocycles. The lowest BCUT2D eigenvalue weighted by Gasteiger charge is -2.42. The van der Waals surface area contributed by atoms with Crippen LogP contribution in [0.3, 0.4) is 0 Å². The van der Waals surface area contributed by atoms with Crippen LogP contribution in [-0.2, 0) is 17.9 Å². The van der Waals surface area contributed by atoms with Gasteiger partial charge in [0.05, 0.1) is 13.7 Å². The van der Waals surface area contributed by atoms with Gasteiger partial charge in [0, 0.05) is 26.2 Å². The van der Waals surface area contributed by atoms with Crippen LogP contribution in [0.25, 0.3) is 10.8 Å². The minimum Gasteiger partial charge on any atom is -0.497 e. The Bertz CT molecular complexity index is 1210. The molecule has 0 aromatic heterocycles. The topological polar surface area (TPSA) is 53.1 Å². The van der Waals surface area contributed by atoms with Crippen molar-refractivity contribution >= 4 is 22.7 Å². The lowest BCUT2D eigenvalue weighted by atomic mass is 9.85. The van der Waals surface area contributed by atoms with Crippen LogP contribution >= 0.6 is 0 Å². The lowest BCUT2D eigenvalue weighted by molar-refractivity contribution is -0.136. The molecule has 0 unspecified atom stereocenters. The fourth-order valence-electron chi connectivity index (χ4n) is 5.55. The first kappa shape index (κ1) is 22.4. The van der Waals surface area contributed by atoms with Gasteiger partial charge >= 0.3 is 6.03 Å². The Hall–Kier alpha value is -3.38. The average Bonchev–Trinajstić information content (AvgIpc) is 3.06. The Labute approximate surface area is 200 Å². The van der Waals surface area contributed by atoms with Crippen LogP contribution in [0, 0.1) is 0 Å². The number of carbonyl (C=O) groups excluding carboxylic acids is 2. The monoisotopic (exact) mass is 457 g/mol. The summed E-state index contributed by atoms with van der Waals surface area (Å²) in [7, 11) is 1.68. The van der Waals surface area contributed by atoms with Crippen molar-refractivity contribution in [1.29, 1.82) is 0 Å². The van der Waals surface area contributed by atoms with Gasteiger partial charge in [-0.25, -0.2) is 4.79 Å². The van der Waals surface area contributed by atoms with Crippen LogP contribution in [0.1, 0.15) is 30.9 Å². The molecule has 6 heteroatoms. The second-order valence-electron chi connectivity index (χ2n) is 9.22. The first-order valence-corrected chi connectivity index (χ1v) is 12.0. The van der Waals surface area contributed by atoms with Crippen molar-refractivity contribution in [2.45, 2.75) is 38.4 Å². The maximum absolute atomic E-state index is 13.8. The van der Waals surface area contributed by atoms with E-state index in [4.69, 9.17) is 4.74 Å². The van der Waals surface area contributed by atoms with Crippen molar-refractivity contribution < 1.29 is 14.3 Å². The highest BCUT2D eigenvalue weighted by Gasteiger charge is 2.57. The van der Waals surface area contributed by atoms with Crippen LogP contribution in [0.15, 0.2) is 66.7 Å². The van der Waals surface area contributed by atoms with E-state index in [1.807, 2.05) is 48.2 Å². The molecule has 2 aliphatic rings. The van der Waals surface area contributed by atoms with E-state index in [0.717, 1.165) is 41.7 Å². The van der Waals surface area contributed by atoms with Gasteiger partial charge in [0.25, 0.3) is 5.91 Å². The molecule has 1 spiro atoms. The third-order valence-corrected chi connectivity index (χ3v) is 7.37. The second kappa shape index (κ2) is 9.11. The molecule has 2 saturated heterocycles. The zero-order valence-corrected chi connectivity index (χ0v) is 19.9. The summed E-state index contributed by atoms with van der Waals surface area (Å²) in [6, 6.07) is 22.1. The van der Waals surface area contributed by atoms with Crippen LogP contribution in [-0.4, -0.2) is 58.9 Å². The average molecular weight is 458 g/mol. The number of likely N-dealkylation sites (tertiary alicyclic amines) is 1.